The predicted molar refractivity (Wildman–Crippen MR) is 143 cm³/mol. The van der Waals surface area contributed by atoms with E-state index in [9.17, 15) is 24.0 Å². The second kappa shape index (κ2) is 10.1. The van der Waals surface area contributed by atoms with Gasteiger partial charge in [-0.1, -0.05) is 6.08 Å². The van der Waals surface area contributed by atoms with Gasteiger partial charge >= 0.3 is 5.97 Å². The lowest BCUT2D eigenvalue weighted by Gasteiger charge is -2.58. The Morgan fingerprint density at radius 3 is 2.00 bits per heavy atom. The number of nitrogens with zero attached hydrogens (tertiary/aromatic N) is 2. The van der Waals surface area contributed by atoms with E-state index >= 15 is 0 Å². The van der Waals surface area contributed by atoms with Gasteiger partial charge in [-0.3, -0.25) is 29.0 Å². The first-order valence-electron chi connectivity index (χ1n) is 13.4. The van der Waals surface area contributed by atoms with Crippen molar-refractivity contribution in [3.05, 3.63) is 56.6 Å². The average Bonchev–Trinajstić information content (AvgIpc) is 2.93. The van der Waals surface area contributed by atoms with Crippen molar-refractivity contribution in [3.8, 4) is 0 Å². The van der Waals surface area contributed by atoms with Gasteiger partial charge < -0.3 is 14.2 Å². The SMILES string of the molecule is C/C=C(/C)C(=O)OC[C@H]1C2=C(C[C@@H]3[C@@H]4C5=C(C[C@H](CN31)N4C)C(=O)C(C)=C(OC)C5=O)C(=O)C(C)=C(OC)C2=O. The van der Waals surface area contributed by atoms with E-state index in [0.29, 0.717) is 40.8 Å². The summed E-state index contributed by atoms with van der Waals surface area (Å²) in [5.74, 6) is -1.73. The fraction of sp³-hybridized carbons (Fsp3) is 0.500. The topological polar surface area (TPSA) is 120 Å². The van der Waals surface area contributed by atoms with Crippen LogP contribution in [0.15, 0.2) is 56.6 Å². The minimum absolute atomic E-state index is 0.0131. The number of methoxy groups -OCH3 is 2. The fourth-order valence-electron chi connectivity index (χ4n) is 6.88. The van der Waals surface area contributed by atoms with E-state index in [0.717, 1.165) is 0 Å². The van der Waals surface area contributed by atoms with Crippen molar-refractivity contribution >= 4 is 29.1 Å². The highest BCUT2D eigenvalue weighted by Gasteiger charge is 2.56. The number of ketones is 4. The first kappa shape index (κ1) is 27.9. The molecule has 212 valence electrons. The van der Waals surface area contributed by atoms with Crippen LogP contribution in [0.4, 0.5) is 0 Å². The molecular formula is C30H34N2O8. The monoisotopic (exact) mass is 550 g/mol. The Balaban J connectivity index is 1.64. The van der Waals surface area contributed by atoms with E-state index < -0.39 is 29.9 Å². The molecule has 0 radical (unpaired) electrons. The van der Waals surface area contributed by atoms with Crippen molar-refractivity contribution in [1.82, 2.24) is 9.80 Å². The molecule has 10 heteroatoms. The van der Waals surface area contributed by atoms with Crippen LogP contribution >= 0.6 is 0 Å². The number of piperazine rings is 1. The van der Waals surface area contributed by atoms with E-state index in [1.165, 1.54) is 14.2 Å². The van der Waals surface area contributed by atoms with Crippen LogP contribution in [-0.2, 0) is 38.2 Å². The molecule has 0 amide bonds. The molecular weight excluding hydrogens is 516 g/mol. The Morgan fingerprint density at radius 2 is 1.45 bits per heavy atom. The van der Waals surface area contributed by atoms with Crippen molar-refractivity contribution in [2.24, 2.45) is 0 Å². The Hall–Kier alpha value is -3.63. The van der Waals surface area contributed by atoms with Gasteiger partial charge in [0, 0.05) is 57.6 Å². The molecule has 10 nitrogen and oxygen atoms in total. The summed E-state index contributed by atoms with van der Waals surface area (Å²) in [5.41, 5.74) is 2.41. The highest BCUT2D eigenvalue weighted by atomic mass is 16.5. The van der Waals surface area contributed by atoms with Crippen LogP contribution in [0.1, 0.15) is 40.5 Å². The summed E-state index contributed by atoms with van der Waals surface area (Å²) in [5, 5.41) is 0. The van der Waals surface area contributed by atoms with E-state index in [1.54, 1.807) is 33.8 Å². The lowest BCUT2D eigenvalue weighted by Crippen LogP contribution is -2.70. The molecule has 5 rings (SSSR count). The summed E-state index contributed by atoms with van der Waals surface area (Å²) in [6, 6.07) is -1.83. The largest absolute Gasteiger partial charge is 0.492 e. The first-order valence-corrected chi connectivity index (χ1v) is 13.4. The molecule has 5 aliphatic rings. The molecule has 0 saturated carbocycles. The molecule has 3 aliphatic heterocycles. The van der Waals surface area contributed by atoms with Crippen molar-refractivity contribution in [2.45, 2.75) is 64.7 Å². The second-order valence-electron chi connectivity index (χ2n) is 10.9. The summed E-state index contributed by atoms with van der Waals surface area (Å²) < 4.78 is 16.4. The molecule has 0 N–H and O–H groups in total. The molecule has 0 spiro atoms. The molecule has 0 aromatic rings. The number of fused-ring (bicyclic) bond motifs is 5. The summed E-state index contributed by atoms with van der Waals surface area (Å²) in [6.07, 6.45) is 2.19. The molecule has 3 heterocycles. The molecule has 0 aromatic heterocycles. The van der Waals surface area contributed by atoms with Gasteiger partial charge in [-0.05, 0) is 47.6 Å². The normalized spacial score (nSPS) is 29.5. The minimum atomic E-state index is -0.730. The lowest BCUT2D eigenvalue weighted by atomic mass is 9.69. The molecule has 2 bridgehead atoms. The van der Waals surface area contributed by atoms with E-state index in [1.807, 2.05) is 7.05 Å². The summed E-state index contributed by atoms with van der Waals surface area (Å²) >= 11 is 0. The number of allylic oxidation sites excluding steroid dienone is 5. The van der Waals surface area contributed by atoms with Crippen molar-refractivity contribution in [2.75, 3.05) is 34.4 Å². The van der Waals surface area contributed by atoms with Crippen molar-refractivity contribution in [3.63, 3.8) is 0 Å². The Labute approximate surface area is 233 Å². The third-order valence-electron chi connectivity index (χ3n) is 9.11. The van der Waals surface area contributed by atoms with Gasteiger partial charge in [0.25, 0.3) is 0 Å². The van der Waals surface area contributed by atoms with Crippen LogP contribution in [0, 0.1) is 0 Å². The smallest absolute Gasteiger partial charge is 0.333 e. The molecule has 40 heavy (non-hydrogen) atoms. The number of Topliss-reactive ketones (excluding diaryl/α,β-unsaturated/α-hetero) is 4. The van der Waals surface area contributed by atoms with Gasteiger partial charge in [-0.25, -0.2) is 4.79 Å². The summed E-state index contributed by atoms with van der Waals surface area (Å²) in [4.78, 5) is 71.2. The Kier molecular flexibility index (Phi) is 7.04. The van der Waals surface area contributed by atoms with Gasteiger partial charge in [0.05, 0.1) is 26.3 Å². The zero-order valence-corrected chi connectivity index (χ0v) is 23.9. The van der Waals surface area contributed by atoms with Crippen molar-refractivity contribution < 1.29 is 38.2 Å². The number of hydrogen-bond donors (Lipinski definition) is 0. The van der Waals surface area contributed by atoms with E-state index in [2.05, 4.69) is 9.80 Å². The lowest BCUT2D eigenvalue weighted by molar-refractivity contribution is -0.142. The van der Waals surface area contributed by atoms with Crippen LogP contribution in [-0.4, -0.2) is 97.5 Å². The quantitative estimate of drug-likeness (QED) is 0.285. The van der Waals surface area contributed by atoms with Gasteiger partial charge in [-0.2, -0.15) is 0 Å². The van der Waals surface area contributed by atoms with Gasteiger partial charge in [0.15, 0.2) is 23.1 Å². The number of esters is 1. The standard InChI is InChI=1S/C30H34N2O8/c1-8-13(2)30(37)40-12-20-21-18(25(34)15(4)28(38-6)26(21)35)10-19-23-22-17(9-16(31(23)5)11-32(19)20)24(33)14(3)29(39-7)27(22)36/h8,16,19-20,23H,9-12H2,1-7H3/b13-8-/t16-,19-,20+,23-/m1/s1. The Bertz CT molecular complexity index is 1420. The number of rotatable bonds is 5. The molecule has 0 unspecified atom stereocenters. The first-order chi connectivity index (χ1) is 19.0. The number of ether oxygens (including phenoxy) is 3. The number of hydrogen-bond acceptors (Lipinski definition) is 10. The number of carbonyl (C=O) groups excluding carboxylic acids is 5. The van der Waals surface area contributed by atoms with Crippen LogP contribution in [0.3, 0.4) is 0 Å². The number of carbonyl (C=O) groups is 5. The zero-order chi connectivity index (χ0) is 29.2. The van der Waals surface area contributed by atoms with Gasteiger partial charge in [-0.15, -0.1) is 0 Å². The minimum Gasteiger partial charge on any atom is -0.492 e. The van der Waals surface area contributed by atoms with Crippen LogP contribution in [0.2, 0.25) is 0 Å². The highest BCUT2D eigenvalue weighted by Crippen LogP contribution is 2.47. The van der Waals surface area contributed by atoms with Gasteiger partial charge in [0.1, 0.15) is 6.61 Å². The molecule has 1 saturated heterocycles. The second-order valence-corrected chi connectivity index (χ2v) is 10.9. The highest BCUT2D eigenvalue weighted by molar-refractivity contribution is 6.26. The van der Waals surface area contributed by atoms with Crippen LogP contribution in [0.25, 0.3) is 0 Å². The van der Waals surface area contributed by atoms with Crippen molar-refractivity contribution in [1.29, 1.82) is 0 Å². The maximum absolute atomic E-state index is 13.7. The maximum atomic E-state index is 13.7. The molecule has 1 fully saturated rings. The van der Waals surface area contributed by atoms with Crippen LogP contribution in [0.5, 0.6) is 0 Å². The zero-order valence-electron chi connectivity index (χ0n) is 23.9. The third-order valence-corrected chi connectivity index (χ3v) is 9.11. The number of likely N-dealkylation sites (N-methyl/N-ethyl adjacent to an activating group) is 1. The van der Waals surface area contributed by atoms with Gasteiger partial charge in [0.2, 0.25) is 11.6 Å². The van der Waals surface area contributed by atoms with Crippen LogP contribution < -0.4 is 0 Å². The third kappa shape index (κ3) is 3.88. The summed E-state index contributed by atoms with van der Waals surface area (Å²) in [7, 11) is 4.65. The molecule has 2 aliphatic carbocycles. The molecule has 0 aromatic carbocycles. The van der Waals surface area contributed by atoms with E-state index in [-0.39, 0.29) is 59.1 Å². The molecule has 4 atom stereocenters. The fourth-order valence-corrected chi connectivity index (χ4v) is 6.88. The summed E-state index contributed by atoms with van der Waals surface area (Å²) in [6.45, 7) is 6.83. The Morgan fingerprint density at radius 1 is 0.900 bits per heavy atom. The average molecular weight is 551 g/mol. The van der Waals surface area contributed by atoms with E-state index in [4.69, 9.17) is 14.2 Å². The maximum Gasteiger partial charge on any atom is 0.333 e. The predicted octanol–water partition coefficient (Wildman–Crippen LogP) is 1.76.